The van der Waals surface area contributed by atoms with Crippen LogP contribution in [0.1, 0.15) is 25.8 Å². The van der Waals surface area contributed by atoms with Crippen LogP contribution in [0.5, 0.6) is 0 Å². The zero-order valence-electron chi connectivity index (χ0n) is 12.4. The van der Waals surface area contributed by atoms with Gasteiger partial charge in [-0.1, -0.05) is 12.1 Å². The first-order valence-electron chi connectivity index (χ1n) is 6.71. The lowest BCUT2D eigenvalue weighted by molar-refractivity contribution is -0.133. The molecule has 2 N–H and O–H groups in total. The summed E-state index contributed by atoms with van der Waals surface area (Å²) in [6.07, 6.45) is 0.411. The molecule has 0 spiro atoms. The average molecular weight is 263 g/mol. The van der Waals surface area contributed by atoms with Crippen molar-refractivity contribution in [3.05, 3.63) is 29.8 Å². The number of benzene rings is 1. The Kier molecular flexibility index (Phi) is 5.83. The third kappa shape index (κ3) is 4.56. The molecular weight excluding hydrogens is 238 g/mol. The predicted molar refractivity (Wildman–Crippen MR) is 80.1 cm³/mol. The molecule has 1 aromatic carbocycles. The quantitative estimate of drug-likeness (QED) is 0.852. The second-order valence-corrected chi connectivity index (χ2v) is 5.21. The minimum absolute atomic E-state index is 0.120. The Labute approximate surface area is 116 Å². The lowest BCUT2D eigenvalue weighted by atomic mass is 10.1. The number of rotatable bonds is 6. The number of hydrogen-bond acceptors (Lipinski definition) is 3. The second kappa shape index (κ2) is 7.14. The number of anilines is 1. The van der Waals surface area contributed by atoms with Crippen LogP contribution in [0.4, 0.5) is 5.69 Å². The standard InChI is InChI=1S/C15H25N3O/c1-12(2)18(15(19)9-10-16)11-13-5-7-14(8-6-13)17(3)4/h5-8,12H,9-11,16H2,1-4H3. The van der Waals surface area contributed by atoms with Crippen LogP contribution in [0, 0.1) is 0 Å². The van der Waals surface area contributed by atoms with Gasteiger partial charge in [-0.3, -0.25) is 4.79 Å². The van der Waals surface area contributed by atoms with E-state index in [1.165, 1.54) is 0 Å². The third-order valence-electron chi connectivity index (χ3n) is 3.11. The fourth-order valence-corrected chi connectivity index (χ4v) is 1.92. The molecule has 19 heavy (non-hydrogen) atoms. The van der Waals surface area contributed by atoms with E-state index in [1.807, 2.05) is 32.8 Å². The van der Waals surface area contributed by atoms with Gasteiger partial charge in [0.25, 0.3) is 0 Å². The Morgan fingerprint density at radius 2 is 1.79 bits per heavy atom. The molecule has 0 saturated heterocycles. The van der Waals surface area contributed by atoms with Gasteiger partial charge in [0.05, 0.1) is 0 Å². The Balaban J connectivity index is 2.76. The highest BCUT2D eigenvalue weighted by molar-refractivity contribution is 5.76. The zero-order chi connectivity index (χ0) is 14.4. The zero-order valence-corrected chi connectivity index (χ0v) is 12.4. The molecule has 0 bridgehead atoms. The van der Waals surface area contributed by atoms with Crippen molar-refractivity contribution in [2.45, 2.75) is 32.9 Å². The van der Waals surface area contributed by atoms with E-state index >= 15 is 0 Å². The molecule has 1 aromatic rings. The van der Waals surface area contributed by atoms with Crippen LogP contribution < -0.4 is 10.6 Å². The molecule has 0 aliphatic rings. The minimum Gasteiger partial charge on any atom is -0.378 e. The molecule has 0 fully saturated rings. The van der Waals surface area contributed by atoms with Gasteiger partial charge in [0.2, 0.25) is 5.91 Å². The van der Waals surface area contributed by atoms with E-state index in [2.05, 4.69) is 29.2 Å². The summed E-state index contributed by atoms with van der Waals surface area (Å²) < 4.78 is 0. The number of nitrogens with two attached hydrogens (primary N) is 1. The fraction of sp³-hybridized carbons (Fsp3) is 0.533. The smallest absolute Gasteiger partial charge is 0.224 e. The molecule has 0 unspecified atom stereocenters. The number of carbonyl (C=O) groups excluding carboxylic acids is 1. The topological polar surface area (TPSA) is 49.6 Å². The summed E-state index contributed by atoms with van der Waals surface area (Å²) in [5.74, 6) is 0.120. The van der Waals surface area contributed by atoms with Crippen LogP contribution in [0.15, 0.2) is 24.3 Å². The third-order valence-corrected chi connectivity index (χ3v) is 3.11. The largest absolute Gasteiger partial charge is 0.378 e. The molecule has 0 radical (unpaired) electrons. The highest BCUT2D eigenvalue weighted by Gasteiger charge is 2.16. The SMILES string of the molecule is CC(C)N(Cc1ccc(N(C)C)cc1)C(=O)CCN. The summed E-state index contributed by atoms with van der Waals surface area (Å²) in [5, 5.41) is 0. The fourth-order valence-electron chi connectivity index (χ4n) is 1.92. The van der Waals surface area contributed by atoms with Crippen molar-refractivity contribution in [2.75, 3.05) is 25.5 Å². The number of carbonyl (C=O) groups is 1. The molecule has 1 rings (SSSR count). The van der Waals surface area contributed by atoms with E-state index in [0.29, 0.717) is 19.5 Å². The molecule has 0 aliphatic carbocycles. The first kappa shape index (κ1) is 15.5. The van der Waals surface area contributed by atoms with Gasteiger partial charge < -0.3 is 15.5 Å². The Bertz CT molecular complexity index is 398. The maximum Gasteiger partial charge on any atom is 0.224 e. The van der Waals surface area contributed by atoms with E-state index in [1.54, 1.807) is 0 Å². The maximum absolute atomic E-state index is 12.0. The average Bonchev–Trinajstić information content (AvgIpc) is 2.36. The van der Waals surface area contributed by atoms with Crippen molar-refractivity contribution < 1.29 is 4.79 Å². The molecule has 0 atom stereocenters. The lowest BCUT2D eigenvalue weighted by Gasteiger charge is -2.27. The van der Waals surface area contributed by atoms with Crippen molar-refractivity contribution in [3.8, 4) is 0 Å². The second-order valence-electron chi connectivity index (χ2n) is 5.21. The van der Waals surface area contributed by atoms with Gasteiger partial charge in [0.15, 0.2) is 0 Å². The monoisotopic (exact) mass is 263 g/mol. The maximum atomic E-state index is 12.0. The molecule has 106 valence electrons. The summed E-state index contributed by atoms with van der Waals surface area (Å²) >= 11 is 0. The number of amides is 1. The summed E-state index contributed by atoms with van der Waals surface area (Å²) in [6, 6.07) is 8.47. The Morgan fingerprint density at radius 1 is 1.21 bits per heavy atom. The van der Waals surface area contributed by atoms with Gasteiger partial charge in [-0.2, -0.15) is 0 Å². The summed E-state index contributed by atoms with van der Waals surface area (Å²) in [4.78, 5) is 15.9. The van der Waals surface area contributed by atoms with Gasteiger partial charge in [-0.05, 0) is 31.5 Å². The number of nitrogens with zero attached hydrogens (tertiary/aromatic N) is 2. The van der Waals surface area contributed by atoms with Crippen molar-refractivity contribution in [2.24, 2.45) is 5.73 Å². The molecule has 0 aromatic heterocycles. The van der Waals surface area contributed by atoms with Crippen LogP contribution in [-0.4, -0.2) is 37.5 Å². The van der Waals surface area contributed by atoms with Crippen molar-refractivity contribution in [1.82, 2.24) is 4.90 Å². The molecule has 0 saturated carbocycles. The van der Waals surface area contributed by atoms with Crippen LogP contribution in [0.3, 0.4) is 0 Å². The molecule has 4 heteroatoms. The van der Waals surface area contributed by atoms with Crippen molar-refractivity contribution in [1.29, 1.82) is 0 Å². The Hall–Kier alpha value is -1.55. The van der Waals surface area contributed by atoms with Gasteiger partial charge in [-0.15, -0.1) is 0 Å². The minimum atomic E-state index is 0.120. The molecule has 0 heterocycles. The normalized spacial score (nSPS) is 10.6. The van der Waals surface area contributed by atoms with E-state index in [4.69, 9.17) is 5.73 Å². The predicted octanol–water partition coefficient (Wildman–Crippen LogP) is 1.84. The molecule has 4 nitrogen and oxygen atoms in total. The highest BCUT2D eigenvalue weighted by Crippen LogP contribution is 2.15. The van der Waals surface area contributed by atoms with Crippen LogP contribution in [0.25, 0.3) is 0 Å². The summed E-state index contributed by atoms with van der Waals surface area (Å²) in [6.45, 7) is 5.11. The van der Waals surface area contributed by atoms with Crippen molar-refractivity contribution >= 4 is 11.6 Å². The molecular formula is C15H25N3O. The van der Waals surface area contributed by atoms with E-state index < -0.39 is 0 Å². The first-order valence-corrected chi connectivity index (χ1v) is 6.71. The van der Waals surface area contributed by atoms with Gasteiger partial charge >= 0.3 is 0 Å². The molecule has 0 aliphatic heterocycles. The van der Waals surface area contributed by atoms with E-state index in [-0.39, 0.29) is 11.9 Å². The van der Waals surface area contributed by atoms with E-state index in [0.717, 1.165) is 11.3 Å². The lowest BCUT2D eigenvalue weighted by Crippen LogP contribution is -2.37. The first-order chi connectivity index (χ1) is 8.95. The highest BCUT2D eigenvalue weighted by atomic mass is 16.2. The van der Waals surface area contributed by atoms with Crippen molar-refractivity contribution in [3.63, 3.8) is 0 Å². The summed E-state index contributed by atoms with van der Waals surface area (Å²) in [5.41, 5.74) is 7.76. The van der Waals surface area contributed by atoms with Gasteiger partial charge in [0, 0.05) is 45.3 Å². The van der Waals surface area contributed by atoms with Crippen LogP contribution >= 0.6 is 0 Å². The van der Waals surface area contributed by atoms with Gasteiger partial charge in [-0.25, -0.2) is 0 Å². The number of hydrogen-bond donors (Lipinski definition) is 1. The van der Waals surface area contributed by atoms with Crippen LogP contribution in [0.2, 0.25) is 0 Å². The Morgan fingerprint density at radius 3 is 2.21 bits per heavy atom. The summed E-state index contributed by atoms with van der Waals surface area (Å²) in [7, 11) is 4.03. The molecule has 1 amide bonds. The van der Waals surface area contributed by atoms with Crippen LogP contribution in [-0.2, 0) is 11.3 Å². The van der Waals surface area contributed by atoms with Gasteiger partial charge in [0.1, 0.15) is 0 Å². The van der Waals surface area contributed by atoms with E-state index in [9.17, 15) is 4.79 Å².